The lowest BCUT2D eigenvalue weighted by Crippen LogP contribution is -1.98. The predicted octanol–water partition coefficient (Wildman–Crippen LogP) is 3.52. The number of allylic oxidation sites excluding steroid dienone is 1. The zero-order valence-corrected chi connectivity index (χ0v) is 7.97. The zero-order valence-electron chi connectivity index (χ0n) is 7.97. The Labute approximate surface area is 78.1 Å². The average Bonchev–Trinajstić information content (AvgIpc) is 2.50. The van der Waals surface area contributed by atoms with Gasteiger partial charge in [-0.1, -0.05) is 32.1 Å². The van der Waals surface area contributed by atoms with E-state index in [1.807, 2.05) is 26.0 Å². The second-order valence-electron chi connectivity index (χ2n) is 3.80. The molecule has 0 spiro atoms. The summed E-state index contributed by atoms with van der Waals surface area (Å²) in [5, 5.41) is 0. The zero-order chi connectivity index (χ0) is 9.42. The van der Waals surface area contributed by atoms with E-state index in [1.54, 1.807) is 6.07 Å². The highest BCUT2D eigenvalue weighted by molar-refractivity contribution is 5.64. The molecule has 2 rings (SSSR count). The van der Waals surface area contributed by atoms with Gasteiger partial charge in [-0.25, -0.2) is 4.39 Å². The maximum Gasteiger partial charge on any atom is 0.127 e. The summed E-state index contributed by atoms with van der Waals surface area (Å²) in [4.78, 5) is 0. The van der Waals surface area contributed by atoms with Crippen LogP contribution in [0.4, 0.5) is 4.39 Å². The Kier molecular flexibility index (Phi) is 1.95. The van der Waals surface area contributed by atoms with Crippen LogP contribution in [0.2, 0.25) is 0 Å². The number of benzene rings is 1. The molecule has 0 fully saturated rings. The molecule has 0 N–H and O–H groups in total. The van der Waals surface area contributed by atoms with Crippen LogP contribution in [0.5, 0.6) is 0 Å². The van der Waals surface area contributed by atoms with Crippen LogP contribution < -0.4 is 0 Å². The first kappa shape index (κ1) is 8.49. The maximum atomic E-state index is 13.5. The summed E-state index contributed by atoms with van der Waals surface area (Å²) in [6.45, 7) is 4.07. The Bertz CT molecular complexity index is 362. The molecule has 0 aliphatic heterocycles. The van der Waals surface area contributed by atoms with Gasteiger partial charge in [0.05, 0.1) is 0 Å². The van der Waals surface area contributed by atoms with Crippen molar-refractivity contribution in [3.63, 3.8) is 0 Å². The van der Waals surface area contributed by atoms with Crippen LogP contribution >= 0.6 is 0 Å². The Morgan fingerprint density at radius 2 is 2.08 bits per heavy atom. The van der Waals surface area contributed by atoms with Crippen LogP contribution in [0.15, 0.2) is 18.2 Å². The lowest BCUT2D eigenvalue weighted by Gasteiger charge is -2.12. The smallest absolute Gasteiger partial charge is 0.127 e. The van der Waals surface area contributed by atoms with Gasteiger partial charge in [0.25, 0.3) is 0 Å². The molecule has 1 heteroatoms. The van der Waals surface area contributed by atoms with E-state index in [4.69, 9.17) is 0 Å². The Morgan fingerprint density at radius 1 is 1.31 bits per heavy atom. The van der Waals surface area contributed by atoms with Crippen molar-refractivity contribution in [2.75, 3.05) is 0 Å². The Morgan fingerprint density at radius 3 is 2.77 bits per heavy atom. The minimum absolute atomic E-state index is 0.0692. The first-order valence-electron chi connectivity index (χ1n) is 4.68. The van der Waals surface area contributed by atoms with Crippen molar-refractivity contribution in [1.82, 2.24) is 0 Å². The molecule has 0 unspecified atom stereocenters. The second kappa shape index (κ2) is 2.99. The first-order chi connectivity index (χ1) is 6.20. The number of hydrogen-bond acceptors (Lipinski definition) is 0. The molecule has 0 saturated carbocycles. The van der Waals surface area contributed by atoms with E-state index in [2.05, 4.69) is 6.08 Å². The van der Waals surface area contributed by atoms with Crippen molar-refractivity contribution < 1.29 is 4.39 Å². The van der Waals surface area contributed by atoms with Gasteiger partial charge in [-0.3, -0.25) is 0 Å². The molecule has 0 radical (unpaired) electrons. The lowest BCUT2D eigenvalue weighted by molar-refractivity contribution is 0.597. The van der Waals surface area contributed by atoms with Crippen LogP contribution in [-0.4, -0.2) is 0 Å². The van der Waals surface area contributed by atoms with Gasteiger partial charge in [-0.2, -0.15) is 0 Å². The summed E-state index contributed by atoms with van der Waals surface area (Å²) >= 11 is 0. The molecule has 0 aromatic heterocycles. The van der Waals surface area contributed by atoms with Crippen molar-refractivity contribution in [3.8, 4) is 0 Å². The average molecular weight is 176 g/mol. The van der Waals surface area contributed by atoms with Crippen LogP contribution in [-0.2, 0) is 6.42 Å². The van der Waals surface area contributed by atoms with Gasteiger partial charge in [-0.05, 0) is 35.1 Å². The molecule has 13 heavy (non-hydrogen) atoms. The van der Waals surface area contributed by atoms with E-state index >= 15 is 0 Å². The summed E-state index contributed by atoms with van der Waals surface area (Å²) in [6, 6.07) is 3.47. The van der Waals surface area contributed by atoms with Gasteiger partial charge in [-0.15, -0.1) is 0 Å². The van der Waals surface area contributed by atoms with E-state index in [0.29, 0.717) is 0 Å². The molecular formula is C12H13F. The molecule has 0 heterocycles. The quantitative estimate of drug-likeness (QED) is 0.614. The Hall–Kier alpha value is -1.11. The van der Waals surface area contributed by atoms with Gasteiger partial charge in [0.2, 0.25) is 0 Å². The van der Waals surface area contributed by atoms with Crippen molar-refractivity contribution >= 4 is 6.08 Å². The van der Waals surface area contributed by atoms with Gasteiger partial charge < -0.3 is 0 Å². The predicted molar refractivity (Wildman–Crippen MR) is 53.2 cm³/mol. The highest BCUT2D eigenvalue weighted by Crippen LogP contribution is 2.30. The molecule has 1 aromatic rings. The third-order valence-electron chi connectivity index (χ3n) is 2.52. The van der Waals surface area contributed by atoms with Crippen molar-refractivity contribution in [1.29, 1.82) is 0 Å². The third kappa shape index (κ3) is 1.28. The minimum Gasteiger partial charge on any atom is -0.207 e. The first-order valence-corrected chi connectivity index (χ1v) is 4.68. The fourth-order valence-electron chi connectivity index (χ4n) is 1.92. The normalized spacial score (nSPS) is 13.8. The molecule has 1 aliphatic rings. The van der Waals surface area contributed by atoms with Crippen molar-refractivity contribution in [2.24, 2.45) is 0 Å². The van der Waals surface area contributed by atoms with E-state index in [0.717, 1.165) is 17.5 Å². The van der Waals surface area contributed by atoms with Crippen molar-refractivity contribution in [3.05, 3.63) is 40.7 Å². The van der Waals surface area contributed by atoms with Gasteiger partial charge in [0.1, 0.15) is 5.82 Å². The summed E-state index contributed by atoms with van der Waals surface area (Å²) in [6.07, 6.45) is 5.08. The maximum absolute atomic E-state index is 13.5. The molecule has 1 aromatic carbocycles. The van der Waals surface area contributed by atoms with Crippen LogP contribution in [0.3, 0.4) is 0 Å². The second-order valence-corrected chi connectivity index (χ2v) is 3.80. The number of fused-ring (bicyclic) bond motifs is 1. The summed E-state index contributed by atoms with van der Waals surface area (Å²) in [5.74, 6) is 0.193. The van der Waals surface area contributed by atoms with Gasteiger partial charge >= 0.3 is 0 Å². The highest BCUT2D eigenvalue weighted by Gasteiger charge is 2.16. The number of halogens is 1. The third-order valence-corrected chi connectivity index (χ3v) is 2.52. The molecular weight excluding hydrogens is 163 g/mol. The fraction of sp³-hybridized carbons (Fsp3) is 0.333. The van der Waals surface area contributed by atoms with E-state index in [9.17, 15) is 4.39 Å². The van der Waals surface area contributed by atoms with E-state index in [-0.39, 0.29) is 11.7 Å². The van der Waals surface area contributed by atoms with Gasteiger partial charge in [0.15, 0.2) is 0 Å². The summed E-state index contributed by atoms with van der Waals surface area (Å²) in [5.41, 5.74) is 3.23. The van der Waals surface area contributed by atoms with E-state index in [1.165, 1.54) is 5.56 Å². The van der Waals surface area contributed by atoms with Crippen molar-refractivity contribution in [2.45, 2.75) is 26.2 Å². The summed E-state index contributed by atoms with van der Waals surface area (Å²) in [7, 11) is 0. The van der Waals surface area contributed by atoms with Gasteiger partial charge in [0, 0.05) is 0 Å². The van der Waals surface area contributed by atoms with Crippen LogP contribution in [0.25, 0.3) is 6.08 Å². The molecule has 0 nitrogen and oxygen atoms in total. The fourth-order valence-corrected chi connectivity index (χ4v) is 1.92. The number of hydrogen-bond donors (Lipinski definition) is 0. The molecule has 0 saturated heterocycles. The van der Waals surface area contributed by atoms with E-state index < -0.39 is 0 Å². The largest absolute Gasteiger partial charge is 0.207 e. The van der Waals surface area contributed by atoms with Crippen LogP contribution in [0.1, 0.15) is 36.5 Å². The molecule has 0 amide bonds. The molecule has 68 valence electrons. The number of rotatable bonds is 1. The molecule has 0 atom stereocenters. The molecule has 0 bridgehead atoms. The molecule has 1 aliphatic carbocycles. The standard InChI is InChI=1S/C12H13F/c1-8(2)12-10-5-3-4-9(10)6-7-11(12)13/h3,5-8H,4H2,1-2H3. The topological polar surface area (TPSA) is 0 Å². The minimum atomic E-state index is -0.0692. The Balaban J connectivity index is 2.64. The summed E-state index contributed by atoms with van der Waals surface area (Å²) < 4.78 is 13.5. The lowest BCUT2D eigenvalue weighted by atomic mass is 9.94. The monoisotopic (exact) mass is 176 g/mol. The SMILES string of the molecule is CC(C)c1c(F)ccc2c1C=CC2. The van der Waals surface area contributed by atoms with Crippen LogP contribution in [0, 0.1) is 5.82 Å². The highest BCUT2D eigenvalue weighted by atomic mass is 19.1.